The summed E-state index contributed by atoms with van der Waals surface area (Å²) >= 11 is 1.40. The molecule has 30 heavy (non-hydrogen) atoms. The molecule has 1 aliphatic carbocycles. The second-order valence-electron chi connectivity index (χ2n) is 7.36. The molecule has 0 saturated heterocycles. The van der Waals surface area contributed by atoms with Crippen LogP contribution in [-0.4, -0.2) is 25.6 Å². The molecule has 4 aromatic rings. The van der Waals surface area contributed by atoms with Gasteiger partial charge in [0.25, 0.3) is 11.1 Å². The Bertz CT molecular complexity index is 1110. The number of thioether (sulfide) groups is 1. The Balaban J connectivity index is 1.29. The molecule has 0 amide bonds. The molecular formula is C21H21N5O3S. The second kappa shape index (κ2) is 8.43. The van der Waals surface area contributed by atoms with Gasteiger partial charge in [-0.2, -0.15) is 0 Å². The fourth-order valence-electron chi connectivity index (χ4n) is 3.75. The third-order valence-electron chi connectivity index (χ3n) is 5.29. The zero-order chi connectivity index (χ0) is 20.3. The third-order valence-corrected chi connectivity index (χ3v) is 6.09. The molecule has 1 aliphatic rings. The molecular weight excluding hydrogens is 402 g/mol. The van der Waals surface area contributed by atoms with E-state index in [0.29, 0.717) is 45.7 Å². The van der Waals surface area contributed by atoms with Crippen molar-refractivity contribution >= 4 is 11.8 Å². The Morgan fingerprint density at radius 3 is 2.63 bits per heavy atom. The maximum Gasteiger partial charge on any atom is 0.277 e. The van der Waals surface area contributed by atoms with Gasteiger partial charge in [0.05, 0.1) is 5.75 Å². The smallest absolute Gasteiger partial charge is 0.277 e. The van der Waals surface area contributed by atoms with E-state index >= 15 is 0 Å². The summed E-state index contributed by atoms with van der Waals surface area (Å²) in [4.78, 5) is 0. The highest BCUT2D eigenvalue weighted by Crippen LogP contribution is 2.35. The third kappa shape index (κ3) is 3.89. The fraction of sp³-hybridized carbons (Fsp3) is 0.381. The SMILES string of the molecule is Cc1onc(-c2ccccc2)c1-c1nnc(CSc2nnc(C3CCCCC3)o2)o1. The van der Waals surface area contributed by atoms with Crippen molar-refractivity contribution in [1.29, 1.82) is 0 Å². The topological polar surface area (TPSA) is 104 Å². The van der Waals surface area contributed by atoms with Gasteiger partial charge in [-0.1, -0.05) is 66.5 Å². The Labute approximate surface area is 177 Å². The molecule has 8 nitrogen and oxygen atoms in total. The van der Waals surface area contributed by atoms with E-state index in [2.05, 4.69) is 25.6 Å². The monoisotopic (exact) mass is 423 g/mol. The van der Waals surface area contributed by atoms with Crippen LogP contribution in [0, 0.1) is 6.92 Å². The lowest BCUT2D eigenvalue weighted by Crippen LogP contribution is -2.04. The maximum atomic E-state index is 5.88. The van der Waals surface area contributed by atoms with E-state index in [0.717, 1.165) is 24.3 Å². The first-order valence-corrected chi connectivity index (χ1v) is 11.1. The minimum absolute atomic E-state index is 0.386. The summed E-state index contributed by atoms with van der Waals surface area (Å²) in [6.45, 7) is 1.83. The minimum atomic E-state index is 0.386. The molecule has 0 aliphatic heterocycles. The lowest BCUT2D eigenvalue weighted by Gasteiger charge is -2.17. The Kier molecular flexibility index (Phi) is 5.35. The molecule has 154 valence electrons. The van der Waals surface area contributed by atoms with Crippen molar-refractivity contribution in [2.45, 2.75) is 55.9 Å². The van der Waals surface area contributed by atoms with Crippen LogP contribution in [0.5, 0.6) is 0 Å². The van der Waals surface area contributed by atoms with Crippen molar-refractivity contribution in [2.75, 3.05) is 0 Å². The van der Waals surface area contributed by atoms with E-state index in [1.807, 2.05) is 37.3 Å². The van der Waals surface area contributed by atoms with Crippen LogP contribution in [0.2, 0.25) is 0 Å². The number of aromatic nitrogens is 5. The van der Waals surface area contributed by atoms with E-state index in [-0.39, 0.29) is 0 Å². The van der Waals surface area contributed by atoms with Gasteiger partial charge in [0.15, 0.2) is 0 Å². The highest BCUT2D eigenvalue weighted by atomic mass is 32.2. The summed E-state index contributed by atoms with van der Waals surface area (Å²) in [5.41, 5.74) is 2.33. The van der Waals surface area contributed by atoms with Gasteiger partial charge in [0, 0.05) is 11.5 Å². The van der Waals surface area contributed by atoms with E-state index < -0.39 is 0 Å². The minimum Gasteiger partial charge on any atom is -0.420 e. The van der Waals surface area contributed by atoms with E-state index in [1.165, 1.54) is 31.0 Å². The summed E-state index contributed by atoms with van der Waals surface area (Å²) in [6, 6.07) is 9.78. The average Bonchev–Trinajstić information content (AvgIpc) is 3.53. The number of benzene rings is 1. The van der Waals surface area contributed by atoms with Gasteiger partial charge < -0.3 is 13.4 Å². The molecule has 0 radical (unpaired) electrons. The molecule has 1 saturated carbocycles. The number of hydrogen-bond acceptors (Lipinski definition) is 9. The zero-order valence-electron chi connectivity index (χ0n) is 16.6. The molecule has 0 bridgehead atoms. The number of nitrogens with zero attached hydrogens (tertiary/aromatic N) is 5. The van der Waals surface area contributed by atoms with Crippen molar-refractivity contribution < 1.29 is 13.4 Å². The van der Waals surface area contributed by atoms with E-state index in [4.69, 9.17) is 13.4 Å². The van der Waals surface area contributed by atoms with Gasteiger partial charge in [-0.15, -0.1) is 20.4 Å². The Morgan fingerprint density at radius 1 is 0.967 bits per heavy atom. The van der Waals surface area contributed by atoms with E-state index in [1.54, 1.807) is 0 Å². The Hall–Kier alpha value is -2.94. The quantitative estimate of drug-likeness (QED) is 0.376. The predicted molar refractivity (Wildman–Crippen MR) is 110 cm³/mol. The molecule has 3 aromatic heterocycles. The van der Waals surface area contributed by atoms with Crippen LogP contribution in [0.4, 0.5) is 0 Å². The first kappa shape index (κ1) is 19.0. The van der Waals surface area contributed by atoms with Gasteiger partial charge >= 0.3 is 0 Å². The molecule has 0 N–H and O–H groups in total. The second-order valence-corrected chi connectivity index (χ2v) is 8.29. The average molecular weight is 423 g/mol. The normalized spacial score (nSPS) is 15.0. The maximum absolute atomic E-state index is 5.88. The highest BCUT2D eigenvalue weighted by molar-refractivity contribution is 7.98. The van der Waals surface area contributed by atoms with Crippen molar-refractivity contribution in [3.63, 3.8) is 0 Å². The van der Waals surface area contributed by atoms with Gasteiger partial charge in [-0.3, -0.25) is 0 Å². The van der Waals surface area contributed by atoms with Crippen molar-refractivity contribution in [2.24, 2.45) is 0 Å². The highest BCUT2D eigenvalue weighted by Gasteiger charge is 2.23. The predicted octanol–water partition coefficient (Wildman–Crippen LogP) is 5.42. The zero-order valence-corrected chi connectivity index (χ0v) is 17.4. The van der Waals surface area contributed by atoms with Crippen molar-refractivity contribution in [1.82, 2.24) is 25.6 Å². The number of aryl methyl sites for hydroxylation is 1. The molecule has 0 spiro atoms. The summed E-state index contributed by atoms with van der Waals surface area (Å²) in [7, 11) is 0. The van der Waals surface area contributed by atoms with Crippen LogP contribution in [0.1, 0.15) is 55.6 Å². The number of hydrogen-bond donors (Lipinski definition) is 0. The van der Waals surface area contributed by atoms with Crippen molar-refractivity contribution in [3.05, 3.63) is 47.9 Å². The summed E-state index contributed by atoms with van der Waals surface area (Å²) in [5.74, 6) is 3.08. The van der Waals surface area contributed by atoms with Gasteiger partial charge in [0.2, 0.25) is 11.8 Å². The molecule has 0 atom stereocenters. The molecule has 1 aromatic carbocycles. The fourth-order valence-corrected chi connectivity index (χ4v) is 4.35. The van der Waals surface area contributed by atoms with Crippen LogP contribution >= 0.6 is 11.8 Å². The van der Waals surface area contributed by atoms with Gasteiger partial charge in [0.1, 0.15) is 17.0 Å². The van der Waals surface area contributed by atoms with E-state index in [9.17, 15) is 0 Å². The summed E-state index contributed by atoms with van der Waals surface area (Å²) in [5, 5.41) is 21.5. The van der Waals surface area contributed by atoms with Crippen molar-refractivity contribution in [3.8, 4) is 22.7 Å². The van der Waals surface area contributed by atoms with Crippen LogP contribution in [0.15, 0.2) is 48.9 Å². The number of rotatable bonds is 6. The van der Waals surface area contributed by atoms with Gasteiger partial charge in [-0.25, -0.2) is 0 Å². The molecule has 1 fully saturated rings. The Morgan fingerprint density at radius 2 is 1.80 bits per heavy atom. The van der Waals surface area contributed by atoms with Crippen LogP contribution in [0.25, 0.3) is 22.7 Å². The lowest BCUT2D eigenvalue weighted by molar-refractivity contribution is 0.334. The first-order valence-electron chi connectivity index (χ1n) is 10.1. The summed E-state index contributed by atoms with van der Waals surface area (Å²) in [6.07, 6.45) is 6.01. The summed E-state index contributed by atoms with van der Waals surface area (Å²) < 4.78 is 17.1. The standard InChI is InChI=1S/C21H21N5O3S/c1-13-17(18(26-29-13)14-8-4-2-5-9-14)20-24-22-16(27-20)12-30-21-25-23-19(28-21)15-10-6-3-7-11-15/h2,4-5,8-9,15H,3,6-7,10-12H2,1H3. The van der Waals surface area contributed by atoms with Crippen LogP contribution in [-0.2, 0) is 5.75 Å². The van der Waals surface area contributed by atoms with Crippen LogP contribution < -0.4 is 0 Å². The lowest BCUT2D eigenvalue weighted by atomic mass is 9.89. The molecule has 5 rings (SSSR count). The molecule has 9 heteroatoms. The molecule has 3 heterocycles. The van der Waals surface area contributed by atoms with Crippen LogP contribution in [0.3, 0.4) is 0 Å². The molecule has 0 unspecified atom stereocenters. The van der Waals surface area contributed by atoms with Gasteiger partial charge in [-0.05, 0) is 19.8 Å². The first-order chi connectivity index (χ1) is 14.8. The largest absolute Gasteiger partial charge is 0.420 e.